The zero-order valence-corrected chi connectivity index (χ0v) is 19.4. The normalized spacial score (nSPS) is 27.3. The summed E-state index contributed by atoms with van der Waals surface area (Å²) in [7, 11) is 0. The van der Waals surface area contributed by atoms with Gasteiger partial charge in [-0.2, -0.15) is 0 Å². The summed E-state index contributed by atoms with van der Waals surface area (Å²) < 4.78 is 0. The molecule has 3 aliphatic rings. The van der Waals surface area contributed by atoms with Crippen LogP contribution >= 0.6 is 11.6 Å². The van der Waals surface area contributed by atoms with Gasteiger partial charge in [-0.1, -0.05) is 48.0 Å². The Kier molecular flexibility index (Phi) is 5.45. The Bertz CT molecular complexity index is 1220. The number of hydrogen-bond donors (Lipinski definition) is 3. The molecule has 0 aromatic heterocycles. The first kappa shape index (κ1) is 22.6. The van der Waals surface area contributed by atoms with E-state index in [0.717, 1.165) is 11.1 Å². The van der Waals surface area contributed by atoms with E-state index in [-0.39, 0.29) is 31.2 Å². The number of nitrogens with zero attached hydrogens (tertiary/aromatic N) is 1. The molecule has 9 heteroatoms. The summed E-state index contributed by atoms with van der Waals surface area (Å²) in [4.78, 5) is 53.6. The summed E-state index contributed by atoms with van der Waals surface area (Å²) in [6, 6.07) is 12.6. The van der Waals surface area contributed by atoms with Crippen molar-refractivity contribution in [2.75, 3.05) is 11.9 Å². The molecule has 0 unspecified atom stereocenters. The maximum atomic E-state index is 13.7. The molecule has 0 aliphatic carbocycles. The smallest absolute Gasteiger partial charge is 0.250 e. The first-order chi connectivity index (χ1) is 16.2. The largest absolute Gasteiger partial charge is 0.370 e. The number of nitrogens with two attached hydrogens (primary N) is 1. The molecule has 2 fully saturated rings. The van der Waals surface area contributed by atoms with E-state index in [1.807, 2.05) is 43.3 Å². The molecule has 2 aromatic rings. The number of nitrogens with one attached hydrogen (secondary N) is 2. The van der Waals surface area contributed by atoms with Crippen molar-refractivity contribution in [3.63, 3.8) is 0 Å². The van der Waals surface area contributed by atoms with E-state index < -0.39 is 35.2 Å². The number of hydrogen-bond acceptors (Lipinski definition) is 5. The second kappa shape index (κ2) is 8.21. The van der Waals surface area contributed by atoms with Crippen molar-refractivity contribution in [1.29, 1.82) is 0 Å². The van der Waals surface area contributed by atoms with Crippen LogP contribution in [0.3, 0.4) is 0 Å². The lowest BCUT2D eigenvalue weighted by Gasteiger charge is -2.29. The van der Waals surface area contributed by atoms with Crippen molar-refractivity contribution in [3.05, 3.63) is 64.2 Å². The summed E-state index contributed by atoms with van der Waals surface area (Å²) >= 11 is 6.43. The van der Waals surface area contributed by atoms with Gasteiger partial charge in [0.15, 0.2) is 0 Å². The van der Waals surface area contributed by atoms with E-state index in [0.29, 0.717) is 22.7 Å². The van der Waals surface area contributed by atoms with Crippen LogP contribution in [0.5, 0.6) is 0 Å². The lowest BCUT2D eigenvalue weighted by atomic mass is 9.76. The monoisotopic (exact) mass is 480 g/mol. The quantitative estimate of drug-likeness (QED) is 0.545. The van der Waals surface area contributed by atoms with Gasteiger partial charge in [-0.05, 0) is 37.0 Å². The number of anilines is 1. The molecule has 176 valence electrons. The maximum absolute atomic E-state index is 13.7. The highest BCUT2D eigenvalue weighted by molar-refractivity contribution is 6.35. The van der Waals surface area contributed by atoms with E-state index >= 15 is 0 Å². The summed E-state index contributed by atoms with van der Waals surface area (Å²) in [6.07, 6.45) is 0.787. The third-order valence-electron chi connectivity index (χ3n) is 7.18. The number of carbonyl (C=O) groups is 4. The highest BCUT2D eigenvalue weighted by Gasteiger charge is 2.70. The van der Waals surface area contributed by atoms with E-state index in [9.17, 15) is 19.2 Å². The molecular formula is C25H25ClN4O4. The number of fused-ring (bicyclic) bond motifs is 4. The van der Waals surface area contributed by atoms with Crippen LogP contribution in [0.15, 0.2) is 42.5 Å². The second-order valence-corrected chi connectivity index (χ2v) is 9.66. The van der Waals surface area contributed by atoms with Gasteiger partial charge < -0.3 is 11.1 Å². The fraction of sp³-hybridized carbons (Fsp3) is 0.360. The van der Waals surface area contributed by atoms with Gasteiger partial charge in [0, 0.05) is 24.6 Å². The Balaban J connectivity index is 1.55. The van der Waals surface area contributed by atoms with E-state index in [1.54, 1.807) is 6.07 Å². The molecule has 0 saturated carbocycles. The third kappa shape index (κ3) is 3.32. The molecule has 2 saturated heterocycles. The van der Waals surface area contributed by atoms with Crippen molar-refractivity contribution in [2.24, 2.45) is 17.6 Å². The van der Waals surface area contributed by atoms with E-state index in [1.165, 1.54) is 4.90 Å². The van der Waals surface area contributed by atoms with Crippen LogP contribution in [-0.2, 0) is 31.1 Å². The fourth-order valence-corrected chi connectivity index (χ4v) is 6.03. The summed E-state index contributed by atoms with van der Waals surface area (Å²) in [5.41, 5.74) is 6.77. The Morgan fingerprint density at radius 3 is 2.59 bits per heavy atom. The van der Waals surface area contributed by atoms with Gasteiger partial charge in [-0.25, -0.2) is 0 Å². The van der Waals surface area contributed by atoms with Crippen LogP contribution in [-0.4, -0.2) is 41.1 Å². The average Bonchev–Trinajstić information content (AvgIpc) is 3.37. The number of aryl methyl sites for hydroxylation is 1. The lowest BCUT2D eigenvalue weighted by molar-refractivity contribution is -0.142. The van der Waals surface area contributed by atoms with Crippen molar-refractivity contribution >= 4 is 40.9 Å². The summed E-state index contributed by atoms with van der Waals surface area (Å²) in [5, 5.41) is 6.49. The Morgan fingerprint density at radius 2 is 1.88 bits per heavy atom. The molecule has 3 aliphatic heterocycles. The maximum Gasteiger partial charge on any atom is 0.250 e. The SMILES string of the molecule is Cc1cc(Cl)c2c(c1)[C@@]1(N[C@H](CCC(N)=O)[C@H]3C(=O)N(CCc4ccccc4)C(=O)[C@@H]31)C(=O)N2. The minimum Gasteiger partial charge on any atom is -0.370 e. The van der Waals surface area contributed by atoms with Crippen molar-refractivity contribution < 1.29 is 19.2 Å². The van der Waals surface area contributed by atoms with Crippen LogP contribution in [0.25, 0.3) is 0 Å². The minimum absolute atomic E-state index is 0.0332. The minimum atomic E-state index is -1.44. The summed E-state index contributed by atoms with van der Waals surface area (Å²) in [6.45, 7) is 2.07. The van der Waals surface area contributed by atoms with E-state index in [2.05, 4.69) is 10.6 Å². The predicted octanol–water partition coefficient (Wildman–Crippen LogP) is 1.88. The Morgan fingerprint density at radius 1 is 1.15 bits per heavy atom. The molecule has 0 radical (unpaired) electrons. The standard InChI is InChI=1S/C25H25ClN4O4/c1-13-11-15-21(16(26)12-13)28-24(34)25(15)20-19(17(29-25)7-8-18(27)31)22(32)30(23(20)33)10-9-14-5-3-2-4-6-14/h2-6,11-12,17,19-20,29H,7-10H2,1H3,(H2,27,31)(H,28,34)/t17-,19-,20-,25+/m1/s1. The first-order valence-electron chi connectivity index (χ1n) is 11.3. The molecule has 4 N–H and O–H groups in total. The molecule has 4 amide bonds. The highest BCUT2D eigenvalue weighted by atomic mass is 35.5. The number of benzene rings is 2. The zero-order valence-electron chi connectivity index (χ0n) is 18.6. The first-order valence-corrected chi connectivity index (χ1v) is 11.7. The predicted molar refractivity (Wildman–Crippen MR) is 126 cm³/mol. The second-order valence-electron chi connectivity index (χ2n) is 9.25. The van der Waals surface area contributed by atoms with Crippen LogP contribution in [0.4, 0.5) is 5.69 Å². The van der Waals surface area contributed by atoms with Gasteiger partial charge in [-0.3, -0.25) is 29.4 Å². The highest BCUT2D eigenvalue weighted by Crippen LogP contribution is 2.54. The molecular weight excluding hydrogens is 456 g/mol. The van der Waals surface area contributed by atoms with Gasteiger partial charge in [0.05, 0.1) is 22.5 Å². The number of carbonyl (C=O) groups excluding carboxylic acids is 4. The van der Waals surface area contributed by atoms with Gasteiger partial charge >= 0.3 is 0 Å². The average molecular weight is 481 g/mol. The molecule has 34 heavy (non-hydrogen) atoms. The number of imide groups is 1. The van der Waals surface area contributed by atoms with Crippen LogP contribution in [0, 0.1) is 18.8 Å². The number of primary amides is 1. The van der Waals surface area contributed by atoms with Gasteiger partial charge in [-0.15, -0.1) is 0 Å². The topological polar surface area (TPSA) is 122 Å². The molecule has 2 aromatic carbocycles. The number of halogens is 1. The lowest BCUT2D eigenvalue weighted by Crippen LogP contribution is -2.53. The van der Waals surface area contributed by atoms with E-state index in [4.69, 9.17) is 17.3 Å². The van der Waals surface area contributed by atoms with Gasteiger partial charge in [0.1, 0.15) is 5.54 Å². The van der Waals surface area contributed by atoms with Crippen molar-refractivity contribution in [2.45, 2.75) is 37.8 Å². The van der Waals surface area contributed by atoms with Crippen LogP contribution in [0.2, 0.25) is 5.02 Å². The third-order valence-corrected chi connectivity index (χ3v) is 7.48. The zero-order chi connectivity index (χ0) is 24.2. The molecule has 5 rings (SSSR count). The summed E-state index contributed by atoms with van der Waals surface area (Å²) in [5.74, 6) is -3.36. The van der Waals surface area contributed by atoms with Crippen molar-refractivity contribution in [3.8, 4) is 0 Å². The Labute approximate surface area is 201 Å². The molecule has 3 heterocycles. The van der Waals surface area contributed by atoms with Gasteiger partial charge in [0.2, 0.25) is 23.6 Å². The molecule has 0 bridgehead atoms. The van der Waals surface area contributed by atoms with Crippen LogP contribution < -0.4 is 16.4 Å². The van der Waals surface area contributed by atoms with Gasteiger partial charge in [0.25, 0.3) is 0 Å². The Hall–Kier alpha value is -3.23. The number of likely N-dealkylation sites (tertiary alicyclic amines) is 1. The van der Waals surface area contributed by atoms with Crippen molar-refractivity contribution in [1.82, 2.24) is 10.2 Å². The number of rotatable bonds is 6. The van der Waals surface area contributed by atoms with Crippen LogP contribution in [0.1, 0.15) is 29.5 Å². The fourth-order valence-electron chi connectivity index (χ4n) is 5.71. The number of amides is 4. The molecule has 1 spiro atoms. The molecule has 4 atom stereocenters. The molecule has 8 nitrogen and oxygen atoms in total.